The van der Waals surface area contributed by atoms with Gasteiger partial charge in [0.05, 0.1) is 18.6 Å². The summed E-state index contributed by atoms with van der Waals surface area (Å²) in [6.45, 7) is 1.14. The number of esters is 1. The second-order valence-corrected chi connectivity index (χ2v) is 5.71. The van der Waals surface area contributed by atoms with E-state index in [1.807, 2.05) is 0 Å². The number of ether oxygens (including phenoxy) is 2. The lowest BCUT2D eigenvalue weighted by atomic mass is 9.57. The van der Waals surface area contributed by atoms with Gasteiger partial charge in [0.1, 0.15) is 6.10 Å². The first-order valence-electron chi connectivity index (χ1n) is 6.20. The lowest BCUT2D eigenvalue weighted by molar-refractivity contribution is -0.189. The minimum atomic E-state index is -0.212. The average molecular weight is 225 g/mol. The van der Waals surface area contributed by atoms with Crippen LogP contribution in [0.15, 0.2) is 0 Å². The lowest BCUT2D eigenvalue weighted by Gasteiger charge is -2.50. The first kappa shape index (κ1) is 10.5. The zero-order valence-corrected chi connectivity index (χ0v) is 9.54. The summed E-state index contributed by atoms with van der Waals surface area (Å²) in [5.74, 6) is 0.00236. The van der Waals surface area contributed by atoms with Crippen LogP contribution in [-0.2, 0) is 14.3 Å². The highest BCUT2D eigenvalue weighted by molar-refractivity contribution is 5.77. The summed E-state index contributed by atoms with van der Waals surface area (Å²) < 4.78 is 10.5. The second-order valence-electron chi connectivity index (χ2n) is 5.71. The van der Waals surface area contributed by atoms with Crippen LogP contribution in [0.5, 0.6) is 0 Å². The quantitative estimate of drug-likeness (QED) is 0.712. The molecule has 0 aromatic heterocycles. The monoisotopic (exact) mass is 225 g/mol. The van der Waals surface area contributed by atoms with Crippen LogP contribution in [0.1, 0.15) is 38.5 Å². The predicted octanol–water partition coefficient (Wildman–Crippen LogP) is 0.980. The van der Waals surface area contributed by atoms with Gasteiger partial charge in [0.2, 0.25) is 0 Å². The molecule has 2 bridgehead atoms. The van der Waals surface area contributed by atoms with Crippen LogP contribution in [0.2, 0.25) is 0 Å². The van der Waals surface area contributed by atoms with Gasteiger partial charge in [0.15, 0.2) is 0 Å². The van der Waals surface area contributed by atoms with Gasteiger partial charge in [0.25, 0.3) is 0 Å². The van der Waals surface area contributed by atoms with Crippen LogP contribution in [0.25, 0.3) is 0 Å². The van der Waals surface area contributed by atoms with Crippen LogP contribution in [0, 0.1) is 5.41 Å². The molecule has 90 valence electrons. The smallest absolute Gasteiger partial charge is 0.312 e. The van der Waals surface area contributed by atoms with E-state index >= 15 is 0 Å². The Morgan fingerprint density at radius 1 is 1.12 bits per heavy atom. The summed E-state index contributed by atoms with van der Waals surface area (Å²) in [5, 5.41) is 0. The van der Waals surface area contributed by atoms with Crippen molar-refractivity contribution < 1.29 is 14.3 Å². The van der Waals surface area contributed by atoms with E-state index in [-0.39, 0.29) is 23.0 Å². The van der Waals surface area contributed by atoms with Crippen molar-refractivity contribution in [3.63, 3.8) is 0 Å². The van der Waals surface area contributed by atoms with E-state index in [1.165, 1.54) is 0 Å². The van der Waals surface area contributed by atoms with Crippen molar-refractivity contribution in [1.29, 1.82) is 0 Å². The maximum atomic E-state index is 12.2. The van der Waals surface area contributed by atoms with Gasteiger partial charge in [-0.05, 0) is 38.5 Å². The van der Waals surface area contributed by atoms with Crippen molar-refractivity contribution in [3.8, 4) is 0 Å². The first-order valence-corrected chi connectivity index (χ1v) is 6.20. The molecule has 16 heavy (non-hydrogen) atoms. The Labute approximate surface area is 95.5 Å². The molecular formula is C12H19NO3. The molecule has 0 radical (unpaired) electrons. The van der Waals surface area contributed by atoms with Gasteiger partial charge in [-0.25, -0.2) is 0 Å². The molecule has 4 nitrogen and oxygen atoms in total. The summed E-state index contributed by atoms with van der Waals surface area (Å²) in [5.41, 5.74) is 6.03. The minimum Gasteiger partial charge on any atom is -0.457 e. The molecule has 2 N–H and O–H groups in total. The third-order valence-corrected chi connectivity index (χ3v) is 4.62. The molecule has 1 heterocycles. The van der Waals surface area contributed by atoms with Crippen LogP contribution >= 0.6 is 0 Å². The maximum Gasteiger partial charge on any atom is 0.312 e. The SMILES string of the molecule is NC12CCC(C(=O)OC3COC3)(CC1)CC2. The van der Waals surface area contributed by atoms with E-state index in [2.05, 4.69) is 0 Å². The lowest BCUT2D eigenvalue weighted by Crippen LogP contribution is -2.55. The maximum absolute atomic E-state index is 12.2. The highest BCUT2D eigenvalue weighted by Crippen LogP contribution is 2.52. The Kier molecular flexibility index (Phi) is 2.27. The summed E-state index contributed by atoms with van der Waals surface area (Å²) in [7, 11) is 0. The van der Waals surface area contributed by atoms with E-state index in [4.69, 9.17) is 15.2 Å². The fourth-order valence-electron chi connectivity index (χ4n) is 3.08. The van der Waals surface area contributed by atoms with Crippen molar-refractivity contribution in [2.75, 3.05) is 13.2 Å². The fourth-order valence-corrected chi connectivity index (χ4v) is 3.08. The number of hydrogen-bond acceptors (Lipinski definition) is 4. The molecule has 0 atom stereocenters. The Morgan fingerprint density at radius 2 is 1.69 bits per heavy atom. The Hall–Kier alpha value is -0.610. The van der Waals surface area contributed by atoms with Crippen molar-refractivity contribution in [3.05, 3.63) is 0 Å². The van der Waals surface area contributed by atoms with Crippen LogP contribution in [0.3, 0.4) is 0 Å². The zero-order chi connectivity index (χ0) is 11.2. The van der Waals surface area contributed by atoms with Crippen LogP contribution in [-0.4, -0.2) is 30.8 Å². The number of hydrogen-bond donors (Lipinski definition) is 1. The number of carbonyl (C=O) groups excluding carboxylic acids is 1. The van der Waals surface area contributed by atoms with Crippen molar-refractivity contribution >= 4 is 5.97 Å². The van der Waals surface area contributed by atoms with E-state index < -0.39 is 0 Å². The number of rotatable bonds is 2. The van der Waals surface area contributed by atoms with Gasteiger partial charge in [0, 0.05) is 5.54 Å². The molecule has 0 aromatic rings. The first-order chi connectivity index (χ1) is 7.62. The van der Waals surface area contributed by atoms with Gasteiger partial charge < -0.3 is 15.2 Å². The number of carbonyl (C=O) groups is 1. The topological polar surface area (TPSA) is 61.6 Å². The second kappa shape index (κ2) is 3.44. The third-order valence-electron chi connectivity index (χ3n) is 4.62. The largest absolute Gasteiger partial charge is 0.457 e. The molecule has 3 aliphatic carbocycles. The Bertz CT molecular complexity index is 287. The average Bonchev–Trinajstić information content (AvgIpc) is 2.25. The summed E-state index contributed by atoms with van der Waals surface area (Å²) in [6, 6.07) is 0. The Morgan fingerprint density at radius 3 is 2.12 bits per heavy atom. The van der Waals surface area contributed by atoms with Gasteiger partial charge >= 0.3 is 5.97 Å². The summed E-state index contributed by atoms with van der Waals surface area (Å²) >= 11 is 0. The standard InChI is InChI=1S/C12H19NO3/c13-12-4-1-11(2-5-12,3-6-12)10(14)16-9-7-15-8-9/h9H,1-8,13H2. The highest BCUT2D eigenvalue weighted by atomic mass is 16.6. The molecule has 4 aliphatic rings. The van der Waals surface area contributed by atoms with Crippen LogP contribution < -0.4 is 5.73 Å². The van der Waals surface area contributed by atoms with Crippen molar-refractivity contribution in [2.24, 2.45) is 11.1 Å². The molecule has 4 heteroatoms. The summed E-state index contributed by atoms with van der Waals surface area (Å²) in [6.07, 6.45) is 5.67. The van der Waals surface area contributed by atoms with Gasteiger partial charge in [-0.15, -0.1) is 0 Å². The van der Waals surface area contributed by atoms with Gasteiger partial charge in [-0.3, -0.25) is 4.79 Å². The number of nitrogens with two attached hydrogens (primary N) is 1. The number of fused-ring (bicyclic) bond motifs is 3. The molecule has 0 amide bonds. The van der Waals surface area contributed by atoms with E-state index in [0.717, 1.165) is 38.5 Å². The minimum absolute atomic E-state index is 0.00236. The third kappa shape index (κ3) is 1.55. The molecule has 4 rings (SSSR count). The van der Waals surface area contributed by atoms with E-state index in [0.29, 0.717) is 13.2 Å². The molecule has 1 saturated heterocycles. The van der Waals surface area contributed by atoms with Crippen molar-refractivity contribution in [1.82, 2.24) is 0 Å². The molecule has 0 aromatic carbocycles. The van der Waals surface area contributed by atoms with Crippen molar-refractivity contribution in [2.45, 2.75) is 50.2 Å². The molecule has 0 unspecified atom stereocenters. The molecular weight excluding hydrogens is 206 g/mol. The highest BCUT2D eigenvalue weighted by Gasteiger charge is 2.52. The van der Waals surface area contributed by atoms with Gasteiger partial charge in [-0.1, -0.05) is 0 Å². The normalized spacial score (nSPS) is 42.8. The molecule has 1 aliphatic heterocycles. The zero-order valence-electron chi connectivity index (χ0n) is 9.54. The summed E-state index contributed by atoms with van der Waals surface area (Å²) in [4.78, 5) is 12.2. The van der Waals surface area contributed by atoms with Crippen LogP contribution in [0.4, 0.5) is 0 Å². The molecule has 3 saturated carbocycles. The Balaban J connectivity index is 1.66. The fraction of sp³-hybridized carbons (Fsp3) is 0.917. The van der Waals surface area contributed by atoms with Gasteiger partial charge in [-0.2, -0.15) is 0 Å². The predicted molar refractivity (Wildman–Crippen MR) is 57.8 cm³/mol. The molecule has 4 fully saturated rings. The van der Waals surface area contributed by atoms with E-state index in [1.54, 1.807) is 0 Å². The molecule has 0 spiro atoms. The van der Waals surface area contributed by atoms with E-state index in [9.17, 15) is 4.79 Å².